The number of allylic oxidation sites excluding steroid dienone is 2. The van der Waals surface area contributed by atoms with E-state index in [-0.39, 0.29) is 58.4 Å². The van der Waals surface area contributed by atoms with E-state index in [0.29, 0.717) is 22.8 Å². The maximum atomic E-state index is 15.7. The van der Waals surface area contributed by atoms with Crippen molar-refractivity contribution in [2.24, 2.45) is 0 Å². The quantitative estimate of drug-likeness (QED) is 0.0514. The minimum Gasteiger partial charge on any atom is -0.356 e. The molecule has 12 heteroatoms. The molecule has 2 aromatic heterocycles. The summed E-state index contributed by atoms with van der Waals surface area (Å²) in [5, 5.41) is 5.83. The fourth-order valence-electron chi connectivity index (χ4n) is 9.63. The lowest BCUT2D eigenvalue weighted by Gasteiger charge is -2.25. The van der Waals surface area contributed by atoms with Crippen LogP contribution in [-0.2, 0) is 22.4 Å². The minimum atomic E-state index is -5.66. The number of aryl methyl sites for hydroxylation is 4. The number of carbonyl (C=O) groups is 2. The van der Waals surface area contributed by atoms with Gasteiger partial charge in [0.1, 0.15) is 0 Å². The van der Waals surface area contributed by atoms with Crippen LogP contribution in [0.4, 0.5) is 26.3 Å². The van der Waals surface area contributed by atoms with Gasteiger partial charge in [0.05, 0.1) is 11.1 Å². The topological polar surface area (TPSA) is 58.2 Å². The van der Waals surface area contributed by atoms with Gasteiger partial charge in [0.2, 0.25) is 11.8 Å². The van der Waals surface area contributed by atoms with Gasteiger partial charge in [-0.15, -0.1) is 22.7 Å². The van der Waals surface area contributed by atoms with Crippen molar-refractivity contribution in [3.63, 3.8) is 0 Å². The summed E-state index contributed by atoms with van der Waals surface area (Å²) in [6, 6.07) is 3.06. The van der Waals surface area contributed by atoms with Crippen molar-refractivity contribution in [2.45, 2.75) is 277 Å². The molecule has 0 atom stereocenters. The van der Waals surface area contributed by atoms with Crippen LogP contribution in [-0.4, -0.2) is 42.7 Å². The van der Waals surface area contributed by atoms with E-state index in [1.54, 1.807) is 0 Å². The highest BCUT2D eigenvalue weighted by atomic mass is 32.1. The molecule has 0 spiro atoms. The summed E-state index contributed by atoms with van der Waals surface area (Å²) in [6.07, 6.45) is 40.8. The Kier molecular flexibility index (Phi) is 30.2. The summed E-state index contributed by atoms with van der Waals surface area (Å²) in [5.74, 6) is -16.4. The number of hydrogen-bond acceptors (Lipinski definition) is 4. The molecule has 2 N–H and O–H groups in total. The summed E-state index contributed by atoms with van der Waals surface area (Å²) in [6.45, 7) is 8.47. The fourth-order valence-corrected chi connectivity index (χ4v) is 12.1. The normalized spacial score (nSPS) is 15.1. The lowest BCUT2D eigenvalue weighted by Crippen LogP contribution is -2.48. The Hall–Kier alpha value is -2.34. The zero-order chi connectivity index (χ0) is 50.4. The minimum absolute atomic E-state index is 0.0628. The average Bonchev–Trinajstić information content (AvgIpc) is 3.90. The fraction of sp³-hybridized carbons (Fsp3) is 0.789. The van der Waals surface area contributed by atoms with Gasteiger partial charge in [-0.3, -0.25) is 9.59 Å². The maximum Gasteiger partial charge on any atom is 0.380 e. The van der Waals surface area contributed by atoms with E-state index in [9.17, 15) is 9.59 Å². The summed E-state index contributed by atoms with van der Waals surface area (Å²) in [4.78, 5) is 25.7. The molecule has 1 aliphatic carbocycles. The number of unbranched alkanes of at least 4 members (excludes halogenated alkanes) is 30. The highest BCUT2D eigenvalue weighted by molar-refractivity contribution is 7.14. The van der Waals surface area contributed by atoms with Gasteiger partial charge in [-0.2, -0.15) is 26.3 Å². The number of thiophene rings is 2. The smallest absolute Gasteiger partial charge is 0.356 e. The Bertz CT molecular complexity index is 1630. The number of rotatable bonds is 42. The molecular weight excluding hydrogens is 923 g/mol. The maximum absolute atomic E-state index is 15.7. The molecule has 0 saturated heterocycles. The Morgan fingerprint density at radius 2 is 0.667 bits per heavy atom. The van der Waals surface area contributed by atoms with Crippen molar-refractivity contribution in [2.75, 3.05) is 13.1 Å². The largest absolute Gasteiger partial charge is 0.380 e. The highest BCUT2D eigenvalue weighted by Gasteiger charge is 2.80. The van der Waals surface area contributed by atoms with Crippen LogP contribution in [0.5, 0.6) is 0 Å². The lowest BCUT2D eigenvalue weighted by molar-refractivity contribution is -0.254. The zero-order valence-electron chi connectivity index (χ0n) is 43.4. The summed E-state index contributed by atoms with van der Waals surface area (Å²) in [5.41, 5.74) is -2.35. The van der Waals surface area contributed by atoms with Crippen LogP contribution < -0.4 is 10.6 Å². The van der Waals surface area contributed by atoms with Crippen LogP contribution >= 0.6 is 22.7 Å². The van der Waals surface area contributed by atoms with Gasteiger partial charge in [-0.1, -0.05) is 206 Å². The predicted octanol–water partition coefficient (Wildman–Crippen LogP) is 18.9. The molecule has 2 aromatic rings. The molecule has 396 valence electrons. The Balaban J connectivity index is 1.39. The van der Waals surface area contributed by atoms with Crippen LogP contribution in [0.15, 0.2) is 12.1 Å². The van der Waals surface area contributed by atoms with Crippen LogP contribution in [0.3, 0.4) is 0 Å². The monoisotopic (exact) mass is 1010 g/mol. The Morgan fingerprint density at radius 3 is 0.928 bits per heavy atom. The van der Waals surface area contributed by atoms with Crippen LogP contribution in [0, 0.1) is 13.8 Å². The number of hydrogen-bond donors (Lipinski definition) is 2. The predicted molar refractivity (Wildman–Crippen MR) is 282 cm³/mol. The third kappa shape index (κ3) is 21.3. The van der Waals surface area contributed by atoms with E-state index in [0.717, 1.165) is 61.2 Å². The molecule has 69 heavy (non-hydrogen) atoms. The van der Waals surface area contributed by atoms with Gasteiger partial charge in [0.25, 0.3) is 0 Å². The summed E-state index contributed by atoms with van der Waals surface area (Å²) >= 11 is 1.53. The summed E-state index contributed by atoms with van der Waals surface area (Å²) in [7, 11) is 0. The van der Waals surface area contributed by atoms with E-state index in [1.165, 1.54) is 193 Å². The molecule has 0 bridgehead atoms. The number of carbonyl (C=O) groups excluding carboxylic acids is 2. The van der Waals surface area contributed by atoms with Gasteiger partial charge in [0.15, 0.2) is 0 Å². The van der Waals surface area contributed by atoms with E-state index < -0.39 is 28.9 Å². The Labute approximate surface area is 422 Å². The van der Waals surface area contributed by atoms with Crippen molar-refractivity contribution in [1.82, 2.24) is 10.6 Å². The molecule has 4 nitrogen and oxygen atoms in total. The van der Waals surface area contributed by atoms with Gasteiger partial charge in [-0.05, 0) is 62.8 Å². The second kappa shape index (κ2) is 34.1. The molecule has 0 unspecified atom stereocenters. The Morgan fingerprint density at radius 1 is 0.420 bits per heavy atom. The first kappa shape index (κ1) is 61.0. The molecule has 0 saturated carbocycles. The van der Waals surface area contributed by atoms with Gasteiger partial charge >= 0.3 is 17.8 Å². The van der Waals surface area contributed by atoms with E-state index >= 15 is 26.3 Å². The second-order valence-corrected chi connectivity index (χ2v) is 22.5. The molecular formula is C57H92F6N2O2S2. The van der Waals surface area contributed by atoms with E-state index in [4.69, 9.17) is 0 Å². The number of amides is 2. The van der Waals surface area contributed by atoms with Crippen molar-refractivity contribution >= 4 is 45.6 Å². The zero-order valence-corrected chi connectivity index (χ0v) is 45.1. The third-order valence-electron chi connectivity index (χ3n) is 14.0. The van der Waals surface area contributed by atoms with Gasteiger partial charge in [0, 0.05) is 45.4 Å². The summed E-state index contributed by atoms with van der Waals surface area (Å²) < 4.78 is 93.4. The van der Waals surface area contributed by atoms with Crippen LogP contribution in [0.2, 0.25) is 0 Å². The lowest BCUT2D eigenvalue weighted by atomic mass is 10.0. The first-order valence-corrected chi connectivity index (χ1v) is 29.4. The van der Waals surface area contributed by atoms with E-state index in [1.807, 2.05) is 0 Å². The van der Waals surface area contributed by atoms with Crippen LogP contribution in [0.1, 0.15) is 263 Å². The third-order valence-corrected chi connectivity index (χ3v) is 16.6. The van der Waals surface area contributed by atoms with Crippen molar-refractivity contribution in [1.29, 1.82) is 0 Å². The number of nitrogens with one attached hydrogen (secondary N) is 2. The van der Waals surface area contributed by atoms with E-state index in [2.05, 4.69) is 24.5 Å². The number of halogens is 6. The van der Waals surface area contributed by atoms with Gasteiger partial charge in [-0.25, -0.2) is 0 Å². The first-order chi connectivity index (χ1) is 33.2. The molecule has 0 aromatic carbocycles. The molecule has 0 radical (unpaired) electrons. The van der Waals surface area contributed by atoms with Crippen molar-refractivity contribution in [3.8, 4) is 0 Å². The molecule has 0 fully saturated rings. The highest BCUT2D eigenvalue weighted by Crippen LogP contribution is 2.66. The first-order valence-electron chi connectivity index (χ1n) is 27.8. The molecule has 2 heterocycles. The molecule has 0 aliphatic heterocycles. The number of alkyl halides is 6. The van der Waals surface area contributed by atoms with Crippen molar-refractivity contribution in [3.05, 3.63) is 42.8 Å². The second-order valence-electron chi connectivity index (χ2n) is 20.2. The van der Waals surface area contributed by atoms with Gasteiger partial charge < -0.3 is 10.6 Å². The standard InChI is InChI=1S/C57H92F6N2O2S2/c1-5-7-9-11-13-15-17-19-21-23-25-27-29-31-33-35-41-64-49(66)39-37-47-43-45(3)53(68-47)51-52(56(60,61)57(62,63)55(51,58)59)54-46(4)44-48(69-54)38-40-50(67)65-42-36-34-32-30-28-26-24-22-20-18-16-14-12-10-8-6-2/h43-44H,5-42H2,1-4H3,(H,64,66)(H,65,67). The van der Waals surface area contributed by atoms with Crippen molar-refractivity contribution < 1.29 is 35.9 Å². The SMILES string of the molecule is CCCCCCCCCCCCCCCCCCNC(=O)CCc1cc(C)c(C2=C(c3sc(CCC(=O)NCCCCCCCCCCCCCCCCCC)cc3C)C(F)(F)C(F)(F)C2(F)F)s1. The molecule has 3 rings (SSSR count). The molecule has 2 amide bonds. The average molecular weight is 1020 g/mol. The molecule has 1 aliphatic rings. The van der Waals surface area contributed by atoms with Crippen LogP contribution in [0.25, 0.3) is 11.1 Å².